The highest BCUT2D eigenvalue weighted by molar-refractivity contribution is 6.28. The largest absolute Gasteiger partial charge is 1.00 e. The van der Waals surface area contributed by atoms with Gasteiger partial charge in [-0.3, -0.25) is 0 Å². The van der Waals surface area contributed by atoms with Gasteiger partial charge < -0.3 is 73.8 Å². The number of ether oxygens (including phenoxy) is 12. The molecule has 0 N–H and O–H groups in total. The Kier molecular flexibility index (Phi) is 35.7. The summed E-state index contributed by atoms with van der Waals surface area (Å²) in [5, 5.41) is 12.8. The standard InChI is InChI=1S/C89H125N2O12.BrH/c1-11-21-41-92-78-53-66-68-55-80(94-43-23-13-3)84(98-47-27-17-7)59-72(68)76-63-88(86(100-49-29-19-9)61-74(76)70(66)57-82(78)96-45-25-15-5)102-51-35-31-33-37-90-39-40-91(65-90)38-34-32-36-52-103-89-64-77-73-60-85(99-48-28-18-8)81(95-44-24-14-4)56-69(73)67-54-79(93-42-22-12-2)83(97-46-26-16-6)58-71(67)75(77)62-87(89)101-50-30-20-10;/h39-40,53-65H,11-38,41-52H2,1-10H3;1H/q+1;/p-1. The van der Waals surface area contributed by atoms with E-state index in [9.17, 15) is 0 Å². The van der Waals surface area contributed by atoms with E-state index in [-0.39, 0.29) is 17.0 Å². The Hall–Kier alpha value is -7.39. The predicted octanol–water partition coefficient (Wildman–Crippen LogP) is 21.0. The molecule has 0 aliphatic carbocycles. The third-order valence-electron chi connectivity index (χ3n) is 19.2. The van der Waals surface area contributed by atoms with E-state index in [0.29, 0.717) is 79.3 Å². The highest BCUT2D eigenvalue weighted by atomic mass is 79.9. The van der Waals surface area contributed by atoms with Gasteiger partial charge in [0.15, 0.2) is 69.0 Å². The van der Waals surface area contributed by atoms with Gasteiger partial charge >= 0.3 is 0 Å². The Labute approximate surface area is 633 Å². The Morgan fingerprint density at radius 2 is 0.394 bits per heavy atom. The first-order valence-electron chi connectivity index (χ1n) is 40.4. The van der Waals surface area contributed by atoms with Gasteiger partial charge in [0.2, 0.25) is 6.33 Å². The lowest BCUT2D eigenvalue weighted by molar-refractivity contribution is -0.696. The first kappa shape index (κ1) is 82.3. The van der Waals surface area contributed by atoms with Gasteiger partial charge in [-0.1, -0.05) is 133 Å². The zero-order valence-electron chi connectivity index (χ0n) is 65.1. The number of fused-ring (bicyclic) bond motifs is 12. The summed E-state index contributed by atoms with van der Waals surface area (Å²) in [6.45, 7) is 31.1. The second-order valence-corrected chi connectivity index (χ2v) is 27.8. The number of benzene rings is 8. The fourth-order valence-electron chi connectivity index (χ4n) is 12.9. The van der Waals surface area contributed by atoms with Gasteiger partial charge in [-0.25, -0.2) is 9.13 Å². The summed E-state index contributed by atoms with van der Waals surface area (Å²) >= 11 is 0. The molecular weight excluding hydrogens is 1370 g/mol. The number of imidazole rings is 1. The van der Waals surface area contributed by atoms with Gasteiger partial charge in [0.1, 0.15) is 12.4 Å². The highest BCUT2D eigenvalue weighted by Gasteiger charge is 2.24. The molecule has 9 aromatic rings. The van der Waals surface area contributed by atoms with E-state index in [2.05, 4.69) is 170 Å². The second kappa shape index (κ2) is 45.2. The molecule has 0 radical (unpaired) electrons. The summed E-state index contributed by atoms with van der Waals surface area (Å²) in [6, 6.07) is 26.3. The van der Waals surface area contributed by atoms with Crippen LogP contribution in [-0.4, -0.2) is 83.8 Å². The monoisotopic (exact) mass is 1490 g/mol. The zero-order chi connectivity index (χ0) is 72.4. The van der Waals surface area contributed by atoms with Crippen LogP contribution in [0.1, 0.15) is 236 Å². The number of nitrogens with zero attached hydrogens (tertiary/aromatic N) is 2. The van der Waals surface area contributed by atoms with Gasteiger partial charge in [-0.15, -0.1) is 0 Å². The molecule has 1 aromatic heterocycles. The molecule has 104 heavy (non-hydrogen) atoms. The number of aromatic nitrogens is 2. The SMILES string of the molecule is CCCCOc1cc2c3cc(OCCCC)c(OCCCC)cc3c3cc(OCCCCCn4cc[n+](CCCCCOc5cc6c7cc(OCCCC)c(OCCCC)cc7c7cc(OCCCC)c(OCCCC)cc7c6cc5OCCCC)c4)c(OCCCC)cc3c2cc1OCCCC.[Br-]. The Morgan fingerprint density at radius 1 is 0.221 bits per heavy atom. The third-order valence-corrected chi connectivity index (χ3v) is 19.2. The van der Waals surface area contributed by atoms with Crippen LogP contribution in [0, 0.1) is 0 Å². The Morgan fingerprint density at radius 3 is 0.577 bits per heavy atom. The molecule has 0 bridgehead atoms. The number of unbranched alkanes of at least 4 members (excludes halogenated alkanes) is 14. The van der Waals surface area contributed by atoms with Crippen molar-refractivity contribution in [2.24, 2.45) is 0 Å². The molecule has 0 spiro atoms. The van der Waals surface area contributed by atoms with Crippen molar-refractivity contribution in [3.63, 3.8) is 0 Å². The van der Waals surface area contributed by atoms with Crippen molar-refractivity contribution >= 4 is 64.6 Å². The van der Waals surface area contributed by atoms with Crippen LogP contribution in [0.25, 0.3) is 64.6 Å². The molecule has 1 heterocycles. The second-order valence-electron chi connectivity index (χ2n) is 27.8. The van der Waals surface area contributed by atoms with Gasteiger partial charge in [-0.2, -0.15) is 0 Å². The molecule has 8 aromatic carbocycles. The summed E-state index contributed by atoms with van der Waals surface area (Å²) in [6.07, 6.45) is 32.6. The minimum atomic E-state index is 0. The first-order valence-corrected chi connectivity index (χ1v) is 40.4. The molecule has 15 heteroatoms. The van der Waals surface area contributed by atoms with Crippen molar-refractivity contribution in [3.05, 3.63) is 91.5 Å². The summed E-state index contributed by atoms with van der Waals surface area (Å²) < 4.78 is 84.1. The molecule has 0 aliphatic heterocycles. The minimum absolute atomic E-state index is 0. The lowest BCUT2D eigenvalue weighted by atomic mass is 9.93. The van der Waals surface area contributed by atoms with Gasteiger partial charge in [-0.05, 0) is 240 Å². The zero-order valence-corrected chi connectivity index (χ0v) is 66.7. The number of hydrogen-bond acceptors (Lipinski definition) is 12. The Bertz CT molecular complexity index is 3690. The van der Waals surface area contributed by atoms with Gasteiger partial charge in [0, 0.05) is 0 Å². The average molecular weight is 1490 g/mol. The lowest BCUT2D eigenvalue weighted by Crippen LogP contribution is -3.00. The van der Waals surface area contributed by atoms with Crippen molar-refractivity contribution in [3.8, 4) is 69.0 Å². The van der Waals surface area contributed by atoms with Crippen molar-refractivity contribution in [1.82, 2.24) is 4.57 Å². The molecule has 0 saturated carbocycles. The van der Waals surface area contributed by atoms with E-state index >= 15 is 0 Å². The van der Waals surface area contributed by atoms with Gasteiger partial charge in [0.25, 0.3) is 0 Å². The van der Waals surface area contributed by atoms with E-state index in [1.807, 2.05) is 0 Å². The van der Waals surface area contributed by atoms with Crippen molar-refractivity contribution in [2.75, 3.05) is 79.3 Å². The maximum atomic E-state index is 6.82. The van der Waals surface area contributed by atoms with Crippen LogP contribution in [0.15, 0.2) is 91.5 Å². The van der Waals surface area contributed by atoms with E-state index < -0.39 is 0 Å². The maximum Gasteiger partial charge on any atom is 0.243 e. The fourth-order valence-corrected chi connectivity index (χ4v) is 12.9. The smallest absolute Gasteiger partial charge is 0.243 e. The van der Waals surface area contributed by atoms with Crippen LogP contribution in [0.5, 0.6) is 69.0 Å². The molecular formula is C89H125BrN2O12. The molecule has 0 amide bonds. The van der Waals surface area contributed by atoms with Crippen LogP contribution in [0.3, 0.4) is 0 Å². The number of aryl methyl sites for hydroxylation is 2. The molecule has 0 fully saturated rings. The van der Waals surface area contributed by atoms with Crippen LogP contribution in [-0.2, 0) is 13.1 Å². The van der Waals surface area contributed by atoms with E-state index in [4.69, 9.17) is 56.8 Å². The lowest BCUT2D eigenvalue weighted by Gasteiger charge is -2.20. The Balaban J connectivity index is 0.0000137. The molecule has 0 unspecified atom stereocenters. The van der Waals surface area contributed by atoms with E-state index in [1.165, 1.54) is 0 Å². The summed E-state index contributed by atoms with van der Waals surface area (Å²) in [7, 11) is 0. The summed E-state index contributed by atoms with van der Waals surface area (Å²) in [5.74, 6) is 9.13. The molecule has 14 nitrogen and oxygen atoms in total. The van der Waals surface area contributed by atoms with Gasteiger partial charge in [0.05, 0.1) is 92.4 Å². The molecule has 0 saturated heterocycles. The average Bonchev–Trinajstić information content (AvgIpc) is 0.740. The third kappa shape index (κ3) is 23.1. The molecule has 9 rings (SSSR count). The first-order chi connectivity index (χ1) is 50.7. The van der Waals surface area contributed by atoms with Crippen LogP contribution in [0.2, 0.25) is 0 Å². The fraction of sp³-hybridized carbons (Fsp3) is 0.562. The number of halogens is 1. The quantitative estimate of drug-likeness (QED) is 0.0205. The summed E-state index contributed by atoms with van der Waals surface area (Å²) in [4.78, 5) is 0. The van der Waals surface area contributed by atoms with Crippen molar-refractivity contribution < 1.29 is 78.4 Å². The molecule has 0 atom stereocenters. The highest BCUT2D eigenvalue weighted by Crippen LogP contribution is 2.50. The topological polar surface area (TPSA) is 120 Å². The minimum Gasteiger partial charge on any atom is -1.00 e. The van der Waals surface area contributed by atoms with Crippen molar-refractivity contribution in [1.29, 1.82) is 0 Å². The van der Waals surface area contributed by atoms with Crippen LogP contribution < -0.4 is 78.4 Å². The molecule has 0 aliphatic rings. The number of rotatable bonds is 54. The van der Waals surface area contributed by atoms with Crippen LogP contribution in [0.4, 0.5) is 0 Å². The normalized spacial score (nSPS) is 11.5. The summed E-state index contributed by atoms with van der Waals surface area (Å²) in [5.41, 5.74) is 0. The van der Waals surface area contributed by atoms with E-state index in [0.717, 1.165) is 314 Å². The van der Waals surface area contributed by atoms with Crippen molar-refractivity contribution in [2.45, 2.75) is 249 Å². The molecule has 570 valence electrons. The van der Waals surface area contributed by atoms with Crippen LogP contribution >= 0.6 is 0 Å². The number of hydrogen-bond donors (Lipinski definition) is 0. The predicted molar refractivity (Wildman–Crippen MR) is 425 cm³/mol. The maximum absolute atomic E-state index is 6.82. The van der Waals surface area contributed by atoms with E-state index in [1.54, 1.807) is 0 Å².